The summed E-state index contributed by atoms with van der Waals surface area (Å²) in [4.78, 5) is 29.8. The fourth-order valence-electron chi connectivity index (χ4n) is 3.23. The van der Waals surface area contributed by atoms with Crippen molar-refractivity contribution in [3.05, 3.63) is 67.8 Å². The summed E-state index contributed by atoms with van der Waals surface area (Å²) >= 11 is 2.96. The molecule has 3 heterocycles. The maximum absolute atomic E-state index is 12.9. The molecular weight excluding hydrogens is 370 g/mol. The van der Waals surface area contributed by atoms with E-state index in [1.165, 1.54) is 29.0 Å². The van der Waals surface area contributed by atoms with Crippen LogP contribution >= 0.6 is 22.7 Å². The van der Waals surface area contributed by atoms with E-state index in [-0.39, 0.29) is 17.6 Å². The highest BCUT2D eigenvalue weighted by Gasteiger charge is 2.32. The number of amides is 1. The number of aromatic nitrogens is 1. The summed E-state index contributed by atoms with van der Waals surface area (Å²) in [6.07, 6.45) is 1.94. The van der Waals surface area contributed by atoms with Crippen LogP contribution in [0.2, 0.25) is 0 Å². The first-order valence-corrected chi connectivity index (χ1v) is 9.99. The first-order valence-electron chi connectivity index (χ1n) is 8.17. The summed E-state index contributed by atoms with van der Waals surface area (Å²) in [6.45, 7) is 0.725. The molecule has 0 unspecified atom stereocenters. The number of carbonyl (C=O) groups is 1. The lowest BCUT2D eigenvalue weighted by Gasteiger charge is -2.23. The molecule has 26 heavy (non-hydrogen) atoms. The maximum Gasteiger partial charge on any atom is 0.273 e. The van der Waals surface area contributed by atoms with Crippen molar-refractivity contribution >= 4 is 34.3 Å². The lowest BCUT2D eigenvalue weighted by Crippen LogP contribution is -2.30. The number of thiophene rings is 1. The van der Waals surface area contributed by atoms with Crippen molar-refractivity contribution in [3.8, 4) is 10.6 Å². The van der Waals surface area contributed by atoms with Crippen LogP contribution in [-0.4, -0.2) is 27.3 Å². The zero-order chi connectivity index (χ0) is 18.1. The molecule has 1 fully saturated rings. The summed E-state index contributed by atoms with van der Waals surface area (Å²) < 4.78 is 0. The molecule has 3 aromatic rings. The number of likely N-dealkylation sites (tertiary alicyclic amines) is 1. The molecule has 1 aromatic carbocycles. The van der Waals surface area contributed by atoms with Gasteiger partial charge in [0, 0.05) is 29.6 Å². The van der Waals surface area contributed by atoms with Gasteiger partial charge in [-0.05, 0) is 35.2 Å². The van der Waals surface area contributed by atoms with E-state index in [1.54, 1.807) is 28.8 Å². The zero-order valence-electron chi connectivity index (χ0n) is 13.7. The van der Waals surface area contributed by atoms with Crippen molar-refractivity contribution < 1.29 is 9.72 Å². The molecule has 2 aromatic heterocycles. The van der Waals surface area contributed by atoms with Gasteiger partial charge in [-0.3, -0.25) is 14.9 Å². The van der Waals surface area contributed by atoms with E-state index in [9.17, 15) is 14.9 Å². The van der Waals surface area contributed by atoms with E-state index in [0.29, 0.717) is 16.3 Å². The molecule has 0 bridgehead atoms. The minimum absolute atomic E-state index is 0.0163. The predicted octanol–water partition coefficient (Wildman–Crippen LogP) is 4.76. The second-order valence-electron chi connectivity index (χ2n) is 6.06. The number of hydrogen-bond acceptors (Lipinski definition) is 6. The molecule has 0 spiro atoms. The summed E-state index contributed by atoms with van der Waals surface area (Å²) in [5, 5.41) is 17.4. The molecule has 1 atom stereocenters. The molecule has 132 valence electrons. The predicted molar refractivity (Wildman–Crippen MR) is 102 cm³/mol. The molecule has 4 rings (SSSR count). The maximum atomic E-state index is 12.9. The largest absolute Gasteiger partial charge is 0.330 e. The average molecular weight is 385 g/mol. The van der Waals surface area contributed by atoms with Gasteiger partial charge in [0.05, 0.1) is 11.0 Å². The van der Waals surface area contributed by atoms with E-state index >= 15 is 0 Å². The van der Waals surface area contributed by atoms with Crippen LogP contribution in [0.15, 0.2) is 46.5 Å². The number of nitrogens with zero attached hydrogens (tertiary/aromatic N) is 3. The summed E-state index contributed by atoms with van der Waals surface area (Å²) in [6, 6.07) is 8.50. The summed E-state index contributed by atoms with van der Waals surface area (Å²) in [7, 11) is 0. The normalized spacial score (nSPS) is 16.8. The molecule has 1 aliphatic heterocycles. The molecule has 0 N–H and O–H groups in total. The molecule has 6 nitrogen and oxygen atoms in total. The molecule has 1 saturated heterocycles. The van der Waals surface area contributed by atoms with E-state index in [1.807, 2.05) is 10.3 Å². The highest BCUT2D eigenvalue weighted by atomic mass is 32.1. The Balaban J connectivity index is 1.59. The number of nitro groups is 1. The van der Waals surface area contributed by atoms with Crippen LogP contribution in [0.5, 0.6) is 0 Å². The minimum Gasteiger partial charge on any atom is -0.330 e. The Morgan fingerprint density at radius 1 is 1.31 bits per heavy atom. The third-order valence-electron chi connectivity index (χ3n) is 4.47. The Labute approximate surface area is 157 Å². The molecule has 1 amide bonds. The van der Waals surface area contributed by atoms with Crippen molar-refractivity contribution in [2.24, 2.45) is 0 Å². The fraction of sp³-hybridized carbons (Fsp3) is 0.222. The third-order valence-corrected chi connectivity index (χ3v) is 6.06. The molecule has 1 aliphatic rings. The Morgan fingerprint density at radius 3 is 2.96 bits per heavy atom. The van der Waals surface area contributed by atoms with Gasteiger partial charge in [0.1, 0.15) is 10.7 Å². The molecular formula is C18H15N3O3S2. The number of nitro benzene ring substituents is 1. The van der Waals surface area contributed by atoms with Crippen LogP contribution in [0.25, 0.3) is 10.6 Å². The van der Waals surface area contributed by atoms with Crippen LogP contribution in [-0.2, 0) is 0 Å². The van der Waals surface area contributed by atoms with E-state index in [0.717, 1.165) is 19.4 Å². The van der Waals surface area contributed by atoms with Gasteiger partial charge in [0.25, 0.3) is 11.6 Å². The van der Waals surface area contributed by atoms with Gasteiger partial charge in [-0.25, -0.2) is 4.98 Å². The molecule has 0 saturated carbocycles. The van der Waals surface area contributed by atoms with Crippen molar-refractivity contribution in [2.45, 2.75) is 18.9 Å². The second kappa shape index (κ2) is 6.97. The van der Waals surface area contributed by atoms with Crippen LogP contribution in [0.4, 0.5) is 5.69 Å². The van der Waals surface area contributed by atoms with Crippen LogP contribution in [0, 0.1) is 10.1 Å². The van der Waals surface area contributed by atoms with Gasteiger partial charge in [-0.2, -0.15) is 11.3 Å². The van der Waals surface area contributed by atoms with E-state index in [2.05, 4.69) is 16.4 Å². The Hall–Kier alpha value is -2.58. The van der Waals surface area contributed by atoms with Gasteiger partial charge >= 0.3 is 0 Å². The quantitative estimate of drug-likeness (QED) is 0.479. The van der Waals surface area contributed by atoms with Crippen molar-refractivity contribution in [2.75, 3.05) is 6.54 Å². The number of benzene rings is 1. The highest BCUT2D eigenvalue weighted by Crippen LogP contribution is 2.35. The lowest BCUT2D eigenvalue weighted by atomic mass is 10.1. The number of hydrogen-bond donors (Lipinski definition) is 0. The third kappa shape index (κ3) is 3.13. The van der Waals surface area contributed by atoms with Gasteiger partial charge in [-0.15, -0.1) is 11.3 Å². The number of rotatable bonds is 4. The smallest absolute Gasteiger partial charge is 0.273 e. The lowest BCUT2D eigenvalue weighted by molar-refractivity contribution is -0.384. The molecule has 8 heteroatoms. The van der Waals surface area contributed by atoms with Crippen molar-refractivity contribution in [3.63, 3.8) is 0 Å². The van der Waals surface area contributed by atoms with Gasteiger partial charge < -0.3 is 4.90 Å². The van der Waals surface area contributed by atoms with Crippen LogP contribution in [0.3, 0.4) is 0 Å². The van der Waals surface area contributed by atoms with Gasteiger partial charge in [0.15, 0.2) is 0 Å². The van der Waals surface area contributed by atoms with Crippen molar-refractivity contribution in [1.29, 1.82) is 0 Å². The first-order chi connectivity index (χ1) is 12.6. The Bertz CT molecular complexity index is 952. The standard InChI is InChI=1S/C18H15N3O3S2/c22-18(20-7-2-5-16(20)13-6-8-25-10-13)15-11-26-17(19-15)12-3-1-4-14(9-12)21(23)24/h1,3-4,6,8-11,16H,2,5,7H2/t16-/m0/s1. The van der Waals surface area contributed by atoms with Crippen molar-refractivity contribution in [1.82, 2.24) is 9.88 Å². The monoisotopic (exact) mass is 385 g/mol. The van der Waals surface area contributed by atoms with E-state index in [4.69, 9.17) is 0 Å². The Kier molecular flexibility index (Phi) is 4.52. The first kappa shape index (κ1) is 16.9. The molecule has 0 radical (unpaired) electrons. The highest BCUT2D eigenvalue weighted by molar-refractivity contribution is 7.13. The second-order valence-corrected chi connectivity index (χ2v) is 7.70. The average Bonchev–Trinajstić information content (AvgIpc) is 3.41. The Morgan fingerprint density at radius 2 is 2.19 bits per heavy atom. The van der Waals surface area contributed by atoms with Crippen LogP contribution < -0.4 is 0 Å². The minimum atomic E-state index is -0.432. The van der Waals surface area contributed by atoms with Crippen LogP contribution in [0.1, 0.15) is 34.9 Å². The van der Waals surface area contributed by atoms with Gasteiger partial charge in [-0.1, -0.05) is 12.1 Å². The number of non-ortho nitro benzene ring substituents is 1. The SMILES string of the molecule is O=C(c1csc(-c2cccc([N+](=O)[O-])c2)n1)N1CCC[C@H]1c1ccsc1. The molecule has 0 aliphatic carbocycles. The van der Waals surface area contributed by atoms with Gasteiger partial charge in [0.2, 0.25) is 0 Å². The number of carbonyl (C=O) groups excluding carboxylic acids is 1. The number of thiazole rings is 1. The summed E-state index contributed by atoms with van der Waals surface area (Å²) in [5.41, 5.74) is 2.25. The fourth-order valence-corrected chi connectivity index (χ4v) is 4.72. The zero-order valence-corrected chi connectivity index (χ0v) is 15.3. The summed E-state index contributed by atoms with van der Waals surface area (Å²) in [5.74, 6) is -0.0772. The van der Waals surface area contributed by atoms with E-state index < -0.39 is 4.92 Å². The topological polar surface area (TPSA) is 76.3 Å².